The zero-order valence-corrected chi connectivity index (χ0v) is 12.7. The maximum absolute atomic E-state index is 11.3. The van der Waals surface area contributed by atoms with Gasteiger partial charge in [0.25, 0.3) is 0 Å². The molecule has 7 heteroatoms. The maximum atomic E-state index is 11.3. The molecule has 0 aliphatic carbocycles. The fraction of sp³-hybridized carbons (Fsp3) is 0.923. The first kappa shape index (κ1) is 18.6. The van der Waals surface area contributed by atoms with Crippen LogP contribution in [0.25, 0.3) is 0 Å². The second-order valence-corrected chi connectivity index (χ2v) is 5.29. The number of nitro groups is 1. The molecule has 0 heterocycles. The molecule has 0 saturated carbocycles. The molecule has 0 N–H and O–H groups in total. The van der Waals surface area contributed by atoms with Crippen LogP contribution in [-0.4, -0.2) is 29.3 Å². The van der Waals surface area contributed by atoms with Gasteiger partial charge in [0, 0.05) is 11.3 Å². The predicted molar refractivity (Wildman–Crippen MR) is 72.8 cm³/mol. The van der Waals surface area contributed by atoms with Crippen LogP contribution in [0.2, 0.25) is 0 Å². The normalized spacial score (nSPS) is 12.8. The highest BCUT2D eigenvalue weighted by atomic mass is 17.2. The smallest absolute Gasteiger partial charge is 0.425 e. The summed E-state index contributed by atoms with van der Waals surface area (Å²) in [7, 11) is 0. The van der Waals surface area contributed by atoms with Crippen LogP contribution in [-0.2, 0) is 14.5 Å². The van der Waals surface area contributed by atoms with Crippen LogP contribution < -0.4 is 0 Å². The zero-order valence-electron chi connectivity index (χ0n) is 12.7. The second kappa shape index (κ2) is 9.52. The summed E-state index contributed by atoms with van der Waals surface area (Å²) in [5, 5.41) is 10.5. The number of nitrogens with zero attached hydrogens (tertiary/aromatic N) is 1. The minimum absolute atomic E-state index is 0.281. The third-order valence-electron chi connectivity index (χ3n) is 2.88. The van der Waals surface area contributed by atoms with Crippen molar-refractivity contribution < 1.29 is 24.2 Å². The van der Waals surface area contributed by atoms with Crippen LogP contribution in [0, 0.1) is 10.1 Å². The van der Waals surface area contributed by atoms with Gasteiger partial charge in [-0.1, -0.05) is 33.1 Å². The molecular formula is C13H25NO6. The average molecular weight is 291 g/mol. The minimum atomic E-state index is -1.05. The van der Waals surface area contributed by atoms with Crippen molar-refractivity contribution in [3.8, 4) is 0 Å². The van der Waals surface area contributed by atoms with E-state index in [4.69, 9.17) is 4.89 Å². The lowest BCUT2D eigenvalue weighted by atomic mass is 10.0. The van der Waals surface area contributed by atoms with E-state index in [1.54, 1.807) is 6.92 Å². The molecule has 0 spiro atoms. The molecule has 0 aliphatic heterocycles. The molecule has 0 aromatic carbocycles. The molecule has 0 amide bonds. The highest BCUT2D eigenvalue weighted by Crippen LogP contribution is 2.19. The Balaban J connectivity index is 3.94. The molecule has 0 aromatic rings. The molecule has 0 aromatic heterocycles. The first-order valence-electron chi connectivity index (χ1n) is 6.98. The Hall–Kier alpha value is -1.37. The van der Waals surface area contributed by atoms with Gasteiger partial charge in [-0.25, -0.2) is 4.79 Å². The quantitative estimate of drug-likeness (QED) is 0.201. The fourth-order valence-corrected chi connectivity index (χ4v) is 1.51. The summed E-state index contributed by atoms with van der Waals surface area (Å²) in [6, 6.07) is -0.917. The van der Waals surface area contributed by atoms with E-state index >= 15 is 0 Å². The standard InChI is InChI=1S/C13H25NO6/c1-5-7-8-9-13(3,4)20-19-12(15)18-10-11(6-2)14(16)17/h11H,5-10H2,1-4H3. The number of carbonyl (C=O) groups excluding carboxylic acids is 1. The van der Waals surface area contributed by atoms with Crippen molar-refractivity contribution in [1.29, 1.82) is 0 Å². The molecule has 1 atom stereocenters. The largest absolute Gasteiger partial charge is 0.540 e. The lowest BCUT2D eigenvalue weighted by molar-refractivity contribution is -0.526. The van der Waals surface area contributed by atoms with Crippen molar-refractivity contribution in [2.45, 2.75) is 71.4 Å². The lowest BCUT2D eigenvalue weighted by Gasteiger charge is -2.22. The summed E-state index contributed by atoms with van der Waals surface area (Å²) in [6.45, 7) is 7.04. The molecule has 118 valence electrons. The second-order valence-electron chi connectivity index (χ2n) is 5.29. The van der Waals surface area contributed by atoms with E-state index in [9.17, 15) is 14.9 Å². The average Bonchev–Trinajstić information content (AvgIpc) is 2.37. The molecule has 20 heavy (non-hydrogen) atoms. The van der Waals surface area contributed by atoms with Gasteiger partial charge in [0.05, 0.1) is 0 Å². The number of hydrogen-bond donors (Lipinski definition) is 0. The first-order chi connectivity index (χ1) is 9.32. The van der Waals surface area contributed by atoms with E-state index < -0.39 is 22.7 Å². The first-order valence-corrected chi connectivity index (χ1v) is 6.98. The molecule has 0 aliphatic rings. The monoisotopic (exact) mass is 291 g/mol. The Labute approximate surface area is 119 Å². The third kappa shape index (κ3) is 8.68. The number of rotatable bonds is 10. The SMILES string of the molecule is CCCCCC(C)(C)OOC(=O)OCC(CC)[N+](=O)[O-]. The van der Waals surface area contributed by atoms with Crippen molar-refractivity contribution in [1.82, 2.24) is 0 Å². The van der Waals surface area contributed by atoms with Gasteiger partial charge < -0.3 is 4.74 Å². The Kier molecular flexibility index (Phi) is 8.87. The molecule has 0 radical (unpaired) electrons. The van der Waals surface area contributed by atoms with Gasteiger partial charge in [0.15, 0.2) is 6.61 Å². The van der Waals surface area contributed by atoms with E-state index in [0.29, 0.717) is 0 Å². The van der Waals surface area contributed by atoms with Crippen LogP contribution in [0.1, 0.15) is 59.8 Å². The van der Waals surface area contributed by atoms with Gasteiger partial charge in [0.1, 0.15) is 5.60 Å². The van der Waals surface area contributed by atoms with Gasteiger partial charge in [-0.15, -0.1) is 0 Å². The van der Waals surface area contributed by atoms with Crippen molar-refractivity contribution in [3.63, 3.8) is 0 Å². The van der Waals surface area contributed by atoms with Gasteiger partial charge in [-0.2, -0.15) is 4.89 Å². The Morgan fingerprint density at radius 2 is 1.95 bits per heavy atom. The topological polar surface area (TPSA) is 87.9 Å². The Morgan fingerprint density at radius 3 is 2.45 bits per heavy atom. The number of hydrogen-bond acceptors (Lipinski definition) is 6. The van der Waals surface area contributed by atoms with Crippen LogP contribution >= 0.6 is 0 Å². The minimum Gasteiger partial charge on any atom is -0.425 e. The number of carbonyl (C=O) groups is 1. The van der Waals surface area contributed by atoms with E-state index in [-0.39, 0.29) is 13.0 Å². The van der Waals surface area contributed by atoms with Gasteiger partial charge in [0.2, 0.25) is 6.04 Å². The summed E-state index contributed by atoms with van der Waals surface area (Å²) < 4.78 is 4.65. The van der Waals surface area contributed by atoms with Crippen LogP contribution in [0.15, 0.2) is 0 Å². The van der Waals surface area contributed by atoms with Crippen LogP contribution in [0.3, 0.4) is 0 Å². The highest BCUT2D eigenvalue weighted by Gasteiger charge is 2.24. The lowest BCUT2D eigenvalue weighted by Crippen LogP contribution is -2.29. The van der Waals surface area contributed by atoms with Crippen LogP contribution in [0.5, 0.6) is 0 Å². The van der Waals surface area contributed by atoms with Crippen molar-refractivity contribution in [3.05, 3.63) is 10.1 Å². The highest BCUT2D eigenvalue weighted by molar-refractivity contribution is 5.58. The summed E-state index contributed by atoms with van der Waals surface area (Å²) in [6.07, 6.45) is 3.14. The van der Waals surface area contributed by atoms with E-state index in [1.807, 2.05) is 13.8 Å². The Bertz CT molecular complexity index is 305. The van der Waals surface area contributed by atoms with Crippen LogP contribution in [0.4, 0.5) is 4.79 Å². The van der Waals surface area contributed by atoms with E-state index in [2.05, 4.69) is 16.5 Å². The molecule has 0 rings (SSSR count). The summed E-state index contributed by atoms with van der Waals surface area (Å²) in [5.74, 6) is 0. The number of unbranched alkanes of at least 4 members (excludes halogenated alkanes) is 2. The summed E-state index contributed by atoms with van der Waals surface area (Å²) >= 11 is 0. The molecular weight excluding hydrogens is 266 g/mol. The molecule has 0 fully saturated rings. The van der Waals surface area contributed by atoms with E-state index in [0.717, 1.165) is 25.7 Å². The van der Waals surface area contributed by atoms with E-state index in [1.165, 1.54) is 0 Å². The third-order valence-corrected chi connectivity index (χ3v) is 2.88. The zero-order chi connectivity index (χ0) is 15.6. The molecule has 7 nitrogen and oxygen atoms in total. The molecule has 0 bridgehead atoms. The molecule has 1 unspecified atom stereocenters. The predicted octanol–water partition coefficient (Wildman–Crippen LogP) is 3.49. The van der Waals surface area contributed by atoms with Gasteiger partial charge >= 0.3 is 6.16 Å². The van der Waals surface area contributed by atoms with Crippen molar-refractivity contribution in [2.24, 2.45) is 0 Å². The van der Waals surface area contributed by atoms with Crippen molar-refractivity contribution in [2.75, 3.05) is 6.61 Å². The van der Waals surface area contributed by atoms with Crippen molar-refractivity contribution >= 4 is 6.16 Å². The molecule has 0 saturated heterocycles. The van der Waals surface area contributed by atoms with Gasteiger partial charge in [-0.3, -0.25) is 15.0 Å². The maximum Gasteiger partial charge on any atom is 0.540 e. The summed E-state index contributed by atoms with van der Waals surface area (Å²) in [4.78, 5) is 30.9. The fourth-order valence-electron chi connectivity index (χ4n) is 1.51. The number of ether oxygens (including phenoxy) is 1. The summed E-state index contributed by atoms with van der Waals surface area (Å²) in [5.41, 5.74) is -0.596. The Morgan fingerprint density at radius 1 is 1.30 bits per heavy atom. The van der Waals surface area contributed by atoms with Gasteiger partial charge in [-0.05, 0) is 20.3 Å².